The molecule has 2 aliphatic rings. The number of para-hydroxylation sites is 3. The predicted octanol–water partition coefficient (Wildman–Crippen LogP) is 3.68. The molecule has 0 amide bonds. The van der Waals surface area contributed by atoms with E-state index in [1.165, 1.54) is 28.3 Å². The molecule has 0 bridgehead atoms. The van der Waals surface area contributed by atoms with Crippen LogP contribution in [0, 0.1) is 0 Å². The first kappa shape index (κ1) is 19.2. The van der Waals surface area contributed by atoms with Crippen molar-refractivity contribution in [2.45, 2.75) is 6.04 Å². The number of anilines is 2. The van der Waals surface area contributed by atoms with Crippen LogP contribution in [-0.4, -0.2) is 67.7 Å². The molecule has 1 saturated heterocycles. The van der Waals surface area contributed by atoms with Gasteiger partial charge in [0.2, 0.25) is 0 Å². The Morgan fingerprint density at radius 2 is 1.60 bits per heavy atom. The molecule has 0 radical (unpaired) electrons. The maximum atomic E-state index is 3.81. The van der Waals surface area contributed by atoms with Gasteiger partial charge in [0.25, 0.3) is 0 Å². The van der Waals surface area contributed by atoms with Gasteiger partial charge in [0.05, 0.1) is 17.4 Å². The van der Waals surface area contributed by atoms with Gasteiger partial charge in [-0.1, -0.05) is 30.3 Å². The van der Waals surface area contributed by atoms with E-state index in [2.05, 4.69) is 106 Å². The Labute approximate surface area is 179 Å². The minimum atomic E-state index is 0.151. The average Bonchev–Trinajstić information content (AvgIpc) is 3.28. The molecular formula is C25H31N5. The van der Waals surface area contributed by atoms with Crippen LogP contribution < -0.4 is 10.2 Å². The van der Waals surface area contributed by atoms with Crippen molar-refractivity contribution in [3.05, 3.63) is 78.1 Å². The Balaban J connectivity index is 1.41. The lowest BCUT2D eigenvalue weighted by Crippen LogP contribution is -2.48. The van der Waals surface area contributed by atoms with E-state index in [1.54, 1.807) is 0 Å². The number of fused-ring (bicyclic) bond motifs is 3. The number of hydrogen-bond acceptors (Lipinski definition) is 4. The van der Waals surface area contributed by atoms with E-state index in [-0.39, 0.29) is 6.04 Å². The lowest BCUT2D eigenvalue weighted by atomic mass is 9.97. The number of benzene rings is 2. The van der Waals surface area contributed by atoms with Gasteiger partial charge in [-0.15, -0.1) is 0 Å². The highest BCUT2D eigenvalue weighted by molar-refractivity contribution is 5.69. The van der Waals surface area contributed by atoms with Gasteiger partial charge in [0.1, 0.15) is 0 Å². The molecule has 1 atom stereocenters. The van der Waals surface area contributed by atoms with Crippen LogP contribution in [0.1, 0.15) is 17.3 Å². The van der Waals surface area contributed by atoms with Crippen molar-refractivity contribution in [2.24, 2.45) is 0 Å². The molecule has 2 aromatic carbocycles. The standard InChI is InChI=1S/C25H31N5/c1-27(2)14-15-28-16-18-29(19-17-28)22-10-5-3-8-20(22)25-24-12-7-13-30(24)23-11-6-4-9-21(23)26-25/h3-13,25-26H,14-19H2,1-2H3. The second kappa shape index (κ2) is 8.17. The maximum absolute atomic E-state index is 3.81. The summed E-state index contributed by atoms with van der Waals surface area (Å²) in [7, 11) is 4.30. The Morgan fingerprint density at radius 3 is 2.40 bits per heavy atom. The number of piperazine rings is 1. The van der Waals surface area contributed by atoms with Gasteiger partial charge in [-0.2, -0.15) is 0 Å². The van der Waals surface area contributed by atoms with Crippen LogP contribution in [0.2, 0.25) is 0 Å². The molecule has 30 heavy (non-hydrogen) atoms. The van der Waals surface area contributed by atoms with Gasteiger partial charge in [0, 0.05) is 62.4 Å². The average molecular weight is 402 g/mol. The van der Waals surface area contributed by atoms with Crippen molar-refractivity contribution in [2.75, 3.05) is 63.6 Å². The number of likely N-dealkylation sites (N-methyl/N-ethyl adjacent to an activating group) is 1. The van der Waals surface area contributed by atoms with Crippen molar-refractivity contribution in [1.29, 1.82) is 0 Å². The molecule has 3 heterocycles. The molecule has 156 valence electrons. The molecule has 2 aliphatic heterocycles. The first-order valence-electron chi connectivity index (χ1n) is 10.9. The summed E-state index contributed by atoms with van der Waals surface area (Å²) in [5.74, 6) is 0. The summed E-state index contributed by atoms with van der Waals surface area (Å²) < 4.78 is 2.33. The lowest BCUT2D eigenvalue weighted by Gasteiger charge is -2.39. The molecule has 1 N–H and O–H groups in total. The van der Waals surface area contributed by atoms with Crippen molar-refractivity contribution >= 4 is 11.4 Å². The molecule has 1 fully saturated rings. The van der Waals surface area contributed by atoms with E-state index in [9.17, 15) is 0 Å². The molecule has 5 heteroatoms. The number of rotatable bonds is 5. The Hall–Kier alpha value is -2.76. The molecule has 5 nitrogen and oxygen atoms in total. The quantitative estimate of drug-likeness (QED) is 0.706. The van der Waals surface area contributed by atoms with E-state index in [0.29, 0.717) is 0 Å². The van der Waals surface area contributed by atoms with Gasteiger partial charge in [-0.3, -0.25) is 4.90 Å². The van der Waals surface area contributed by atoms with Crippen LogP contribution in [0.25, 0.3) is 5.69 Å². The fourth-order valence-corrected chi connectivity index (χ4v) is 4.69. The Bertz CT molecular complexity index is 1000. The van der Waals surface area contributed by atoms with Crippen molar-refractivity contribution in [3.63, 3.8) is 0 Å². The van der Waals surface area contributed by atoms with E-state index in [1.807, 2.05) is 0 Å². The second-order valence-electron chi connectivity index (χ2n) is 8.59. The zero-order valence-electron chi connectivity index (χ0n) is 18.0. The van der Waals surface area contributed by atoms with Crippen LogP contribution in [0.4, 0.5) is 11.4 Å². The van der Waals surface area contributed by atoms with E-state index >= 15 is 0 Å². The number of aromatic nitrogens is 1. The summed E-state index contributed by atoms with van der Waals surface area (Å²) in [6.07, 6.45) is 2.17. The molecule has 0 saturated carbocycles. The summed E-state index contributed by atoms with van der Waals surface area (Å²) in [4.78, 5) is 7.42. The smallest absolute Gasteiger partial charge is 0.0944 e. The van der Waals surface area contributed by atoms with E-state index < -0.39 is 0 Å². The van der Waals surface area contributed by atoms with Crippen LogP contribution in [0.15, 0.2) is 66.9 Å². The van der Waals surface area contributed by atoms with Gasteiger partial charge in [0.15, 0.2) is 0 Å². The normalized spacial score (nSPS) is 18.8. The summed E-state index contributed by atoms with van der Waals surface area (Å²) >= 11 is 0. The summed E-state index contributed by atoms with van der Waals surface area (Å²) in [6.45, 7) is 6.68. The zero-order chi connectivity index (χ0) is 20.5. The van der Waals surface area contributed by atoms with Crippen LogP contribution in [0.5, 0.6) is 0 Å². The summed E-state index contributed by atoms with van der Waals surface area (Å²) in [5, 5.41) is 3.81. The van der Waals surface area contributed by atoms with Crippen LogP contribution in [-0.2, 0) is 0 Å². The highest BCUT2D eigenvalue weighted by Gasteiger charge is 2.28. The van der Waals surface area contributed by atoms with Crippen molar-refractivity contribution < 1.29 is 0 Å². The highest BCUT2D eigenvalue weighted by Crippen LogP contribution is 2.40. The number of nitrogens with zero attached hydrogens (tertiary/aromatic N) is 4. The Morgan fingerprint density at radius 1 is 0.867 bits per heavy atom. The van der Waals surface area contributed by atoms with Gasteiger partial charge >= 0.3 is 0 Å². The monoisotopic (exact) mass is 401 g/mol. The molecule has 5 rings (SSSR count). The Kier molecular flexibility index (Phi) is 5.23. The second-order valence-corrected chi connectivity index (χ2v) is 8.59. The molecule has 1 unspecified atom stereocenters. The van der Waals surface area contributed by atoms with Gasteiger partial charge < -0.3 is 19.7 Å². The number of nitrogens with one attached hydrogen (secondary N) is 1. The lowest BCUT2D eigenvalue weighted by molar-refractivity contribution is 0.229. The van der Waals surface area contributed by atoms with Crippen LogP contribution >= 0.6 is 0 Å². The third-order valence-electron chi connectivity index (χ3n) is 6.36. The number of hydrogen-bond donors (Lipinski definition) is 1. The zero-order valence-corrected chi connectivity index (χ0v) is 18.0. The van der Waals surface area contributed by atoms with Gasteiger partial charge in [-0.05, 0) is 44.4 Å². The minimum Gasteiger partial charge on any atom is -0.371 e. The molecule has 0 spiro atoms. The fraction of sp³-hybridized carbons (Fsp3) is 0.360. The molecular weight excluding hydrogens is 370 g/mol. The molecule has 0 aliphatic carbocycles. The minimum absolute atomic E-state index is 0.151. The third kappa shape index (κ3) is 3.59. The first-order valence-corrected chi connectivity index (χ1v) is 10.9. The predicted molar refractivity (Wildman–Crippen MR) is 125 cm³/mol. The molecule has 3 aromatic rings. The molecule has 1 aromatic heterocycles. The SMILES string of the molecule is CN(C)CCN1CCN(c2ccccc2C2Nc3ccccc3-n3cccc32)CC1. The van der Waals surface area contributed by atoms with Crippen molar-refractivity contribution in [1.82, 2.24) is 14.4 Å². The van der Waals surface area contributed by atoms with Crippen LogP contribution in [0.3, 0.4) is 0 Å². The van der Waals surface area contributed by atoms with E-state index in [0.717, 1.165) is 39.3 Å². The van der Waals surface area contributed by atoms with E-state index in [4.69, 9.17) is 0 Å². The third-order valence-corrected chi connectivity index (χ3v) is 6.36. The fourth-order valence-electron chi connectivity index (χ4n) is 4.69. The topological polar surface area (TPSA) is 26.7 Å². The first-order chi connectivity index (χ1) is 14.7. The maximum Gasteiger partial charge on any atom is 0.0944 e. The largest absolute Gasteiger partial charge is 0.371 e. The van der Waals surface area contributed by atoms with Crippen molar-refractivity contribution in [3.8, 4) is 5.69 Å². The summed E-state index contributed by atoms with van der Waals surface area (Å²) in [6, 6.07) is 22.0. The highest BCUT2D eigenvalue weighted by atomic mass is 15.3. The summed E-state index contributed by atoms with van der Waals surface area (Å²) in [5.41, 5.74) is 6.42. The van der Waals surface area contributed by atoms with Gasteiger partial charge in [-0.25, -0.2) is 0 Å².